The molecule has 0 saturated heterocycles. The van der Waals surface area contributed by atoms with Crippen LogP contribution in [0.4, 0.5) is 0 Å². The molecule has 0 unspecified atom stereocenters. The molecule has 2 aliphatic carbocycles. The first-order chi connectivity index (χ1) is 6.75. The van der Waals surface area contributed by atoms with Crippen molar-refractivity contribution in [2.24, 2.45) is 5.73 Å². The maximum atomic E-state index is 6.07. The fourth-order valence-electron chi connectivity index (χ4n) is 2.06. The van der Waals surface area contributed by atoms with Crippen LogP contribution in [0.1, 0.15) is 43.7 Å². The number of nitrogens with two attached hydrogens (primary N) is 1. The topological polar surface area (TPSA) is 43.8 Å². The Bertz CT molecular complexity index is 334. The molecule has 2 fully saturated rings. The molecule has 1 aromatic rings. The standard InChI is InChI=1S/C11H17N3/c12-11(4-5-11)6-9-7-13-14(8-9)10-2-1-3-10/h7-8,10H,1-6,12H2. The highest BCUT2D eigenvalue weighted by atomic mass is 15.3. The third-order valence-corrected chi connectivity index (χ3v) is 3.55. The zero-order valence-electron chi connectivity index (χ0n) is 8.45. The zero-order valence-corrected chi connectivity index (χ0v) is 8.45. The molecule has 3 heteroatoms. The van der Waals surface area contributed by atoms with Crippen molar-refractivity contribution in [1.29, 1.82) is 0 Å². The van der Waals surface area contributed by atoms with Crippen molar-refractivity contribution >= 4 is 0 Å². The van der Waals surface area contributed by atoms with Crippen LogP contribution >= 0.6 is 0 Å². The summed E-state index contributed by atoms with van der Waals surface area (Å²) in [7, 11) is 0. The van der Waals surface area contributed by atoms with Crippen molar-refractivity contribution in [1.82, 2.24) is 9.78 Å². The second-order valence-corrected chi connectivity index (χ2v) is 4.95. The molecule has 0 aliphatic heterocycles. The Kier molecular flexibility index (Phi) is 1.71. The van der Waals surface area contributed by atoms with E-state index >= 15 is 0 Å². The third kappa shape index (κ3) is 1.46. The van der Waals surface area contributed by atoms with Crippen LogP contribution in [0, 0.1) is 0 Å². The molecule has 1 heterocycles. The zero-order chi connectivity index (χ0) is 9.60. The molecule has 0 bridgehead atoms. The lowest BCUT2D eigenvalue weighted by Gasteiger charge is -2.25. The van der Waals surface area contributed by atoms with Gasteiger partial charge in [-0.2, -0.15) is 5.10 Å². The molecule has 76 valence electrons. The molecule has 3 nitrogen and oxygen atoms in total. The summed E-state index contributed by atoms with van der Waals surface area (Å²) >= 11 is 0. The lowest BCUT2D eigenvalue weighted by atomic mass is 9.93. The van der Waals surface area contributed by atoms with E-state index < -0.39 is 0 Å². The van der Waals surface area contributed by atoms with Crippen molar-refractivity contribution in [3.8, 4) is 0 Å². The number of hydrogen-bond acceptors (Lipinski definition) is 2. The Morgan fingerprint density at radius 2 is 2.29 bits per heavy atom. The molecular formula is C11H17N3. The first kappa shape index (κ1) is 8.48. The summed E-state index contributed by atoms with van der Waals surface area (Å²) in [5.41, 5.74) is 7.51. The smallest absolute Gasteiger partial charge is 0.0522 e. The van der Waals surface area contributed by atoms with Gasteiger partial charge in [0.05, 0.1) is 12.2 Å². The van der Waals surface area contributed by atoms with Gasteiger partial charge >= 0.3 is 0 Å². The predicted octanol–water partition coefficient (Wildman–Crippen LogP) is 1.64. The molecular weight excluding hydrogens is 174 g/mol. The van der Waals surface area contributed by atoms with E-state index in [1.165, 1.54) is 37.7 Å². The summed E-state index contributed by atoms with van der Waals surface area (Å²) in [6.07, 6.45) is 11.5. The number of nitrogens with zero attached hydrogens (tertiary/aromatic N) is 2. The van der Waals surface area contributed by atoms with Gasteiger partial charge in [0.15, 0.2) is 0 Å². The van der Waals surface area contributed by atoms with E-state index in [1.54, 1.807) is 0 Å². The van der Waals surface area contributed by atoms with E-state index in [0.717, 1.165) is 6.42 Å². The molecule has 0 amide bonds. The van der Waals surface area contributed by atoms with Gasteiger partial charge in [-0.05, 0) is 44.1 Å². The van der Waals surface area contributed by atoms with Crippen LogP contribution in [0.15, 0.2) is 12.4 Å². The average Bonchev–Trinajstić information content (AvgIpc) is 2.57. The summed E-state index contributed by atoms with van der Waals surface area (Å²) in [6.45, 7) is 0. The van der Waals surface area contributed by atoms with E-state index in [-0.39, 0.29) is 5.54 Å². The van der Waals surface area contributed by atoms with Gasteiger partial charge in [0.2, 0.25) is 0 Å². The van der Waals surface area contributed by atoms with E-state index in [4.69, 9.17) is 5.73 Å². The molecule has 0 atom stereocenters. The SMILES string of the molecule is NC1(Cc2cnn(C3CCC3)c2)CC1. The predicted molar refractivity (Wildman–Crippen MR) is 55.0 cm³/mol. The molecule has 0 radical (unpaired) electrons. The van der Waals surface area contributed by atoms with Gasteiger partial charge in [0.1, 0.15) is 0 Å². The molecule has 0 aromatic carbocycles. The van der Waals surface area contributed by atoms with Crippen LogP contribution in [0.3, 0.4) is 0 Å². The Balaban J connectivity index is 1.70. The van der Waals surface area contributed by atoms with Crippen molar-refractivity contribution in [2.75, 3.05) is 0 Å². The monoisotopic (exact) mass is 191 g/mol. The van der Waals surface area contributed by atoms with Crippen LogP contribution in [0.2, 0.25) is 0 Å². The summed E-state index contributed by atoms with van der Waals surface area (Å²) in [4.78, 5) is 0. The number of hydrogen-bond donors (Lipinski definition) is 1. The minimum absolute atomic E-state index is 0.119. The van der Waals surface area contributed by atoms with Gasteiger partial charge in [-0.25, -0.2) is 0 Å². The van der Waals surface area contributed by atoms with Crippen LogP contribution < -0.4 is 5.73 Å². The summed E-state index contributed by atoms with van der Waals surface area (Å²) < 4.78 is 2.13. The van der Waals surface area contributed by atoms with Crippen molar-refractivity contribution in [2.45, 2.75) is 50.1 Å². The van der Waals surface area contributed by atoms with Crippen molar-refractivity contribution < 1.29 is 0 Å². The molecule has 14 heavy (non-hydrogen) atoms. The third-order valence-electron chi connectivity index (χ3n) is 3.55. The maximum absolute atomic E-state index is 6.07. The summed E-state index contributed by atoms with van der Waals surface area (Å²) in [5.74, 6) is 0. The Morgan fingerprint density at radius 3 is 2.86 bits per heavy atom. The van der Waals surface area contributed by atoms with Crippen molar-refractivity contribution in [3.63, 3.8) is 0 Å². The largest absolute Gasteiger partial charge is 0.325 e. The van der Waals surface area contributed by atoms with Crippen molar-refractivity contribution in [3.05, 3.63) is 18.0 Å². The van der Waals surface area contributed by atoms with Gasteiger partial charge in [-0.1, -0.05) is 0 Å². The molecule has 1 aromatic heterocycles. The number of aromatic nitrogens is 2. The highest BCUT2D eigenvalue weighted by Gasteiger charge is 2.38. The first-order valence-corrected chi connectivity index (χ1v) is 5.57. The highest BCUT2D eigenvalue weighted by Crippen LogP contribution is 2.36. The van der Waals surface area contributed by atoms with E-state index in [1.807, 2.05) is 6.20 Å². The highest BCUT2D eigenvalue weighted by molar-refractivity contribution is 5.15. The molecule has 2 saturated carbocycles. The minimum Gasteiger partial charge on any atom is -0.325 e. The van der Waals surface area contributed by atoms with Gasteiger partial charge in [-0.15, -0.1) is 0 Å². The van der Waals surface area contributed by atoms with E-state index in [2.05, 4.69) is 16.0 Å². The van der Waals surface area contributed by atoms with E-state index in [9.17, 15) is 0 Å². The maximum Gasteiger partial charge on any atom is 0.0522 e. The summed E-state index contributed by atoms with van der Waals surface area (Å²) in [6, 6.07) is 0.677. The van der Waals surface area contributed by atoms with Gasteiger partial charge in [-0.3, -0.25) is 4.68 Å². The lowest BCUT2D eigenvalue weighted by molar-refractivity contribution is 0.289. The van der Waals surface area contributed by atoms with Gasteiger partial charge < -0.3 is 5.73 Å². The first-order valence-electron chi connectivity index (χ1n) is 5.57. The van der Waals surface area contributed by atoms with Gasteiger partial charge in [0.25, 0.3) is 0 Å². The quantitative estimate of drug-likeness (QED) is 0.789. The fraction of sp³-hybridized carbons (Fsp3) is 0.727. The fourth-order valence-corrected chi connectivity index (χ4v) is 2.06. The number of rotatable bonds is 3. The molecule has 2 N–H and O–H groups in total. The van der Waals surface area contributed by atoms with Crippen LogP contribution in [0.5, 0.6) is 0 Å². The Labute approximate surface area is 84.3 Å². The minimum atomic E-state index is 0.119. The molecule has 2 aliphatic rings. The second kappa shape index (κ2) is 2.83. The molecule has 0 spiro atoms. The second-order valence-electron chi connectivity index (χ2n) is 4.95. The average molecular weight is 191 g/mol. The summed E-state index contributed by atoms with van der Waals surface area (Å²) in [5, 5.41) is 4.41. The Morgan fingerprint density at radius 1 is 1.50 bits per heavy atom. The van der Waals surface area contributed by atoms with Gasteiger partial charge in [0, 0.05) is 11.7 Å². The van der Waals surface area contributed by atoms with Crippen LogP contribution in [0.25, 0.3) is 0 Å². The van der Waals surface area contributed by atoms with Crippen LogP contribution in [-0.4, -0.2) is 15.3 Å². The lowest BCUT2D eigenvalue weighted by Crippen LogP contribution is -2.24. The van der Waals surface area contributed by atoms with Crippen LogP contribution in [-0.2, 0) is 6.42 Å². The molecule has 3 rings (SSSR count). The Hall–Kier alpha value is -0.830. The normalized spacial score (nSPS) is 24.6. The van der Waals surface area contributed by atoms with E-state index in [0.29, 0.717) is 6.04 Å².